The second-order valence-corrected chi connectivity index (χ2v) is 4.76. The SMILES string of the molecule is Cc1cc(C)nc(NCCNc2ccc(C(F)(F)F)cn2)n1. The van der Waals surface area contributed by atoms with E-state index in [0.717, 1.165) is 23.7 Å². The number of aryl methyl sites for hydroxylation is 2. The molecule has 0 aliphatic carbocycles. The quantitative estimate of drug-likeness (QED) is 0.831. The van der Waals surface area contributed by atoms with Crippen LogP contribution < -0.4 is 10.6 Å². The molecule has 22 heavy (non-hydrogen) atoms. The van der Waals surface area contributed by atoms with E-state index in [2.05, 4.69) is 25.6 Å². The molecule has 0 bridgehead atoms. The minimum Gasteiger partial charge on any atom is -0.368 e. The molecule has 2 N–H and O–H groups in total. The van der Waals surface area contributed by atoms with Crippen LogP contribution in [-0.4, -0.2) is 28.0 Å². The molecule has 8 heteroatoms. The van der Waals surface area contributed by atoms with Crippen molar-refractivity contribution in [3.63, 3.8) is 0 Å². The molecule has 118 valence electrons. The third-order valence-electron chi connectivity index (χ3n) is 2.79. The second-order valence-electron chi connectivity index (χ2n) is 4.76. The molecule has 0 aliphatic heterocycles. The van der Waals surface area contributed by atoms with Crippen molar-refractivity contribution in [2.45, 2.75) is 20.0 Å². The zero-order valence-electron chi connectivity index (χ0n) is 12.2. The molecule has 0 spiro atoms. The maximum atomic E-state index is 12.4. The Morgan fingerprint density at radius 1 is 1.00 bits per heavy atom. The normalized spacial score (nSPS) is 11.3. The minimum absolute atomic E-state index is 0.385. The number of anilines is 2. The van der Waals surface area contributed by atoms with Gasteiger partial charge in [-0.1, -0.05) is 0 Å². The molecule has 2 heterocycles. The van der Waals surface area contributed by atoms with E-state index in [9.17, 15) is 13.2 Å². The van der Waals surface area contributed by atoms with E-state index in [1.807, 2.05) is 19.9 Å². The van der Waals surface area contributed by atoms with E-state index < -0.39 is 11.7 Å². The van der Waals surface area contributed by atoms with Gasteiger partial charge >= 0.3 is 6.18 Å². The summed E-state index contributed by atoms with van der Waals surface area (Å²) in [5.41, 5.74) is 0.972. The van der Waals surface area contributed by atoms with Crippen LogP contribution in [-0.2, 0) is 6.18 Å². The van der Waals surface area contributed by atoms with E-state index in [-0.39, 0.29) is 0 Å². The largest absolute Gasteiger partial charge is 0.417 e. The zero-order chi connectivity index (χ0) is 16.2. The number of pyridine rings is 1. The van der Waals surface area contributed by atoms with Gasteiger partial charge in [-0.2, -0.15) is 13.2 Å². The number of nitrogens with one attached hydrogen (secondary N) is 2. The molecular weight excluding hydrogens is 295 g/mol. The summed E-state index contributed by atoms with van der Waals surface area (Å²) >= 11 is 0. The van der Waals surface area contributed by atoms with Crippen molar-refractivity contribution in [1.82, 2.24) is 15.0 Å². The summed E-state index contributed by atoms with van der Waals surface area (Å²) in [6.07, 6.45) is -3.56. The standard InChI is InChI=1S/C14H16F3N5/c1-9-7-10(2)22-13(21-9)19-6-5-18-12-4-3-11(8-20-12)14(15,16)17/h3-4,7-8H,5-6H2,1-2H3,(H,18,20)(H,19,21,22). The van der Waals surface area contributed by atoms with Gasteiger partial charge in [-0.15, -0.1) is 0 Å². The zero-order valence-corrected chi connectivity index (χ0v) is 12.2. The highest BCUT2D eigenvalue weighted by atomic mass is 19.4. The van der Waals surface area contributed by atoms with Crippen LogP contribution in [0.3, 0.4) is 0 Å². The molecule has 0 aliphatic rings. The van der Waals surface area contributed by atoms with Gasteiger partial charge in [-0.25, -0.2) is 15.0 Å². The highest BCUT2D eigenvalue weighted by molar-refractivity contribution is 5.36. The Bertz CT molecular complexity index is 605. The fourth-order valence-electron chi connectivity index (χ4n) is 1.84. The van der Waals surface area contributed by atoms with Gasteiger partial charge in [-0.05, 0) is 32.0 Å². The molecule has 2 aromatic rings. The van der Waals surface area contributed by atoms with Gasteiger partial charge in [0, 0.05) is 30.7 Å². The van der Waals surface area contributed by atoms with Gasteiger partial charge in [0.15, 0.2) is 0 Å². The number of halogens is 3. The third-order valence-corrected chi connectivity index (χ3v) is 2.79. The van der Waals surface area contributed by atoms with Gasteiger partial charge < -0.3 is 10.6 Å². The Balaban J connectivity index is 1.81. The van der Waals surface area contributed by atoms with Crippen LogP contribution in [0.4, 0.5) is 24.9 Å². The first-order valence-corrected chi connectivity index (χ1v) is 6.68. The van der Waals surface area contributed by atoms with Crippen LogP contribution >= 0.6 is 0 Å². The lowest BCUT2D eigenvalue weighted by Crippen LogP contribution is -2.16. The van der Waals surface area contributed by atoms with E-state index in [1.54, 1.807) is 0 Å². The van der Waals surface area contributed by atoms with Gasteiger partial charge in [0.1, 0.15) is 5.82 Å². The topological polar surface area (TPSA) is 62.7 Å². The average molecular weight is 311 g/mol. The van der Waals surface area contributed by atoms with Crippen LogP contribution in [0.5, 0.6) is 0 Å². The Kier molecular flexibility index (Phi) is 4.79. The number of hydrogen-bond donors (Lipinski definition) is 2. The van der Waals surface area contributed by atoms with E-state index in [1.165, 1.54) is 6.07 Å². The van der Waals surface area contributed by atoms with Gasteiger partial charge in [-0.3, -0.25) is 0 Å². The van der Waals surface area contributed by atoms with Crippen LogP contribution in [0.1, 0.15) is 17.0 Å². The third kappa shape index (κ3) is 4.57. The van der Waals surface area contributed by atoms with Crippen molar-refractivity contribution in [3.05, 3.63) is 41.3 Å². The highest BCUT2D eigenvalue weighted by Crippen LogP contribution is 2.28. The van der Waals surface area contributed by atoms with E-state index >= 15 is 0 Å². The van der Waals surface area contributed by atoms with Gasteiger partial charge in [0.2, 0.25) is 5.95 Å². The first-order chi connectivity index (χ1) is 10.3. The minimum atomic E-state index is -4.37. The molecule has 0 saturated carbocycles. The molecular formula is C14H16F3N5. The number of alkyl halides is 3. The summed E-state index contributed by atoms with van der Waals surface area (Å²) in [6.45, 7) is 4.76. The van der Waals surface area contributed by atoms with Gasteiger partial charge in [0.25, 0.3) is 0 Å². The maximum absolute atomic E-state index is 12.4. The predicted molar refractivity (Wildman–Crippen MR) is 77.7 cm³/mol. The van der Waals surface area contributed by atoms with Crippen molar-refractivity contribution in [1.29, 1.82) is 0 Å². The predicted octanol–water partition coefficient (Wildman–Crippen LogP) is 3.03. The van der Waals surface area contributed by atoms with E-state index in [0.29, 0.717) is 24.9 Å². The van der Waals surface area contributed by atoms with Crippen LogP contribution in [0.25, 0.3) is 0 Å². The van der Waals surface area contributed by atoms with Crippen molar-refractivity contribution in [2.24, 2.45) is 0 Å². The monoisotopic (exact) mass is 311 g/mol. The number of nitrogens with zero attached hydrogens (tertiary/aromatic N) is 3. The molecule has 0 fully saturated rings. The summed E-state index contributed by atoms with van der Waals surface area (Å²) in [5, 5.41) is 5.97. The Morgan fingerprint density at radius 2 is 1.64 bits per heavy atom. The molecule has 5 nitrogen and oxygen atoms in total. The molecule has 0 amide bonds. The summed E-state index contributed by atoms with van der Waals surface area (Å²) in [5.74, 6) is 0.913. The smallest absolute Gasteiger partial charge is 0.368 e. The van der Waals surface area contributed by atoms with Crippen LogP contribution in [0.2, 0.25) is 0 Å². The Labute approximate surface area is 126 Å². The second kappa shape index (κ2) is 6.59. The molecule has 2 aromatic heterocycles. The van der Waals surface area contributed by atoms with Crippen LogP contribution in [0.15, 0.2) is 24.4 Å². The summed E-state index contributed by atoms with van der Waals surface area (Å²) in [7, 11) is 0. The Hall–Kier alpha value is -2.38. The van der Waals surface area contributed by atoms with Crippen molar-refractivity contribution < 1.29 is 13.2 Å². The lowest BCUT2D eigenvalue weighted by Gasteiger charge is -2.09. The molecule has 0 saturated heterocycles. The number of rotatable bonds is 5. The lowest BCUT2D eigenvalue weighted by molar-refractivity contribution is -0.137. The van der Waals surface area contributed by atoms with E-state index in [4.69, 9.17) is 0 Å². The number of hydrogen-bond acceptors (Lipinski definition) is 5. The molecule has 2 rings (SSSR count). The summed E-state index contributed by atoms with van der Waals surface area (Å²) in [4.78, 5) is 12.2. The van der Waals surface area contributed by atoms with Crippen molar-refractivity contribution in [2.75, 3.05) is 23.7 Å². The average Bonchev–Trinajstić information content (AvgIpc) is 2.42. The van der Waals surface area contributed by atoms with Crippen LogP contribution in [0, 0.1) is 13.8 Å². The molecule has 0 radical (unpaired) electrons. The number of aromatic nitrogens is 3. The molecule has 0 atom stereocenters. The summed E-state index contributed by atoms with van der Waals surface area (Å²) in [6, 6.07) is 4.17. The first-order valence-electron chi connectivity index (χ1n) is 6.68. The van der Waals surface area contributed by atoms with Crippen molar-refractivity contribution >= 4 is 11.8 Å². The fraction of sp³-hybridized carbons (Fsp3) is 0.357. The summed E-state index contributed by atoms with van der Waals surface area (Å²) < 4.78 is 37.2. The van der Waals surface area contributed by atoms with Gasteiger partial charge in [0.05, 0.1) is 5.56 Å². The Morgan fingerprint density at radius 3 is 2.18 bits per heavy atom. The first kappa shape index (κ1) is 16.0. The lowest BCUT2D eigenvalue weighted by atomic mass is 10.3. The molecule has 0 aromatic carbocycles. The molecule has 0 unspecified atom stereocenters. The maximum Gasteiger partial charge on any atom is 0.417 e. The highest BCUT2D eigenvalue weighted by Gasteiger charge is 2.30. The fourth-order valence-corrected chi connectivity index (χ4v) is 1.84. The van der Waals surface area contributed by atoms with Crippen molar-refractivity contribution in [3.8, 4) is 0 Å².